The monoisotopic (exact) mass is 343 g/mol. The van der Waals surface area contributed by atoms with Gasteiger partial charge in [0.1, 0.15) is 0 Å². The SMILES string of the molecule is COC(=O)C(C)(NC(=O)COc1ccccc1OC)c1ccccc1. The Morgan fingerprint density at radius 1 is 0.960 bits per heavy atom. The number of carbonyl (C=O) groups is 2. The van der Waals surface area contributed by atoms with Crippen LogP contribution in [0.4, 0.5) is 0 Å². The standard InChI is InChI=1S/C19H21NO5/c1-19(18(22)24-3,14-9-5-4-6-10-14)20-17(21)13-25-16-12-8-7-11-15(16)23-2/h4-12H,13H2,1-3H3,(H,20,21). The molecule has 0 heterocycles. The summed E-state index contributed by atoms with van der Waals surface area (Å²) in [6, 6.07) is 15.9. The molecule has 2 aromatic rings. The van der Waals surface area contributed by atoms with Gasteiger partial charge >= 0.3 is 5.97 Å². The van der Waals surface area contributed by atoms with Crippen LogP contribution in [0.3, 0.4) is 0 Å². The van der Waals surface area contributed by atoms with Crippen molar-refractivity contribution in [1.82, 2.24) is 5.32 Å². The zero-order chi connectivity index (χ0) is 18.3. The van der Waals surface area contributed by atoms with E-state index in [1.807, 2.05) is 6.07 Å². The average Bonchev–Trinajstić information content (AvgIpc) is 2.66. The third-order valence-electron chi connectivity index (χ3n) is 3.76. The predicted octanol–water partition coefficient (Wildman–Crippen LogP) is 2.28. The topological polar surface area (TPSA) is 73.9 Å². The number of benzene rings is 2. The molecule has 0 fully saturated rings. The van der Waals surface area contributed by atoms with Gasteiger partial charge in [-0.2, -0.15) is 0 Å². The quantitative estimate of drug-likeness (QED) is 0.781. The summed E-state index contributed by atoms with van der Waals surface area (Å²) in [7, 11) is 2.80. The number of amides is 1. The minimum atomic E-state index is -1.31. The van der Waals surface area contributed by atoms with Crippen molar-refractivity contribution in [3.05, 3.63) is 60.2 Å². The van der Waals surface area contributed by atoms with Crippen molar-refractivity contribution >= 4 is 11.9 Å². The first-order valence-electron chi connectivity index (χ1n) is 7.72. The highest BCUT2D eigenvalue weighted by molar-refractivity contribution is 5.89. The van der Waals surface area contributed by atoms with Crippen LogP contribution in [0.25, 0.3) is 0 Å². The Hall–Kier alpha value is -3.02. The third-order valence-corrected chi connectivity index (χ3v) is 3.76. The molecule has 132 valence electrons. The fraction of sp³-hybridized carbons (Fsp3) is 0.263. The third kappa shape index (κ3) is 4.29. The number of carbonyl (C=O) groups excluding carboxylic acids is 2. The molecule has 0 aliphatic heterocycles. The molecule has 0 spiro atoms. The summed E-state index contributed by atoms with van der Waals surface area (Å²) in [4.78, 5) is 24.6. The summed E-state index contributed by atoms with van der Waals surface area (Å²) >= 11 is 0. The van der Waals surface area contributed by atoms with Crippen molar-refractivity contribution in [2.45, 2.75) is 12.5 Å². The minimum absolute atomic E-state index is 0.264. The van der Waals surface area contributed by atoms with Crippen molar-refractivity contribution in [3.63, 3.8) is 0 Å². The van der Waals surface area contributed by atoms with Crippen molar-refractivity contribution < 1.29 is 23.8 Å². The van der Waals surface area contributed by atoms with Gasteiger partial charge < -0.3 is 19.5 Å². The van der Waals surface area contributed by atoms with E-state index in [0.29, 0.717) is 17.1 Å². The highest BCUT2D eigenvalue weighted by Crippen LogP contribution is 2.26. The fourth-order valence-electron chi connectivity index (χ4n) is 2.41. The van der Waals surface area contributed by atoms with Crippen molar-refractivity contribution in [2.75, 3.05) is 20.8 Å². The predicted molar refractivity (Wildman–Crippen MR) is 92.4 cm³/mol. The molecule has 1 N–H and O–H groups in total. The number of esters is 1. The summed E-state index contributed by atoms with van der Waals surface area (Å²) in [6.45, 7) is 1.33. The molecule has 0 radical (unpaired) electrons. The van der Waals surface area contributed by atoms with Crippen molar-refractivity contribution in [1.29, 1.82) is 0 Å². The van der Waals surface area contributed by atoms with Crippen LogP contribution in [0.2, 0.25) is 0 Å². The van der Waals surface area contributed by atoms with Gasteiger partial charge in [-0.1, -0.05) is 42.5 Å². The maximum Gasteiger partial charge on any atom is 0.336 e. The molecule has 6 heteroatoms. The van der Waals surface area contributed by atoms with E-state index in [0.717, 1.165) is 0 Å². The fourth-order valence-corrected chi connectivity index (χ4v) is 2.41. The molecule has 0 bridgehead atoms. The molecule has 0 aliphatic carbocycles. The Morgan fingerprint density at radius 3 is 2.16 bits per heavy atom. The second-order valence-electron chi connectivity index (χ2n) is 5.47. The molecule has 25 heavy (non-hydrogen) atoms. The van der Waals surface area contributed by atoms with Gasteiger partial charge in [0, 0.05) is 0 Å². The first-order valence-corrected chi connectivity index (χ1v) is 7.72. The number of hydrogen-bond acceptors (Lipinski definition) is 5. The Kier molecular flexibility index (Phi) is 6.00. The number of ether oxygens (including phenoxy) is 3. The summed E-state index contributed by atoms with van der Waals surface area (Å²) in [5, 5.41) is 2.69. The number of nitrogens with one attached hydrogen (secondary N) is 1. The lowest BCUT2D eigenvalue weighted by atomic mass is 9.92. The number of para-hydroxylation sites is 2. The van der Waals surface area contributed by atoms with E-state index in [4.69, 9.17) is 14.2 Å². The van der Waals surface area contributed by atoms with E-state index < -0.39 is 17.4 Å². The normalized spacial score (nSPS) is 12.6. The van der Waals surface area contributed by atoms with Crippen LogP contribution < -0.4 is 14.8 Å². The lowest BCUT2D eigenvalue weighted by molar-refractivity contribution is -0.151. The largest absolute Gasteiger partial charge is 0.493 e. The van der Waals surface area contributed by atoms with Gasteiger partial charge in [0.25, 0.3) is 5.91 Å². The van der Waals surface area contributed by atoms with Gasteiger partial charge in [-0.3, -0.25) is 4.79 Å². The first kappa shape index (κ1) is 18.3. The van der Waals surface area contributed by atoms with Crippen molar-refractivity contribution in [2.24, 2.45) is 0 Å². The van der Waals surface area contributed by atoms with E-state index in [-0.39, 0.29) is 6.61 Å². The summed E-state index contributed by atoms with van der Waals surface area (Å²) in [5.74, 6) is -0.0549. The van der Waals surface area contributed by atoms with E-state index in [2.05, 4.69) is 5.32 Å². The molecule has 0 saturated heterocycles. The average molecular weight is 343 g/mol. The number of methoxy groups -OCH3 is 2. The van der Waals surface area contributed by atoms with Crippen LogP contribution >= 0.6 is 0 Å². The molecule has 1 unspecified atom stereocenters. The Bertz CT molecular complexity index is 732. The van der Waals surface area contributed by atoms with E-state index in [9.17, 15) is 9.59 Å². The second-order valence-corrected chi connectivity index (χ2v) is 5.47. The van der Waals surface area contributed by atoms with Crippen LogP contribution in [-0.2, 0) is 19.9 Å². The smallest absolute Gasteiger partial charge is 0.336 e. The zero-order valence-corrected chi connectivity index (χ0v) is 14.4. The molecule has 0 aromatic heterocycles. The Labute approximate surface area is 146 Å². The highest BCUT2D eigenvalue weighted by Gasteiger charge is 2.38. The summed E-state index contributed by atoms with van der Waals surface area (Å²) in [6.07, 6.45) is 0. The van der Waals surface area contributed by atoms with Crippen LogP contribution in [0.1, 0.15) is 12.5 Å². The number of hydrogen-bond donors (Lipinski definition) is 1. The minimum Gasteiger partial charge on any atom is -0.493 e. The van der Waals surface area contributed by atoms with Crippen LogP contribution in [0.15, 0.2) is 54.6 Å². The Morgan fingerprint density at radius 2 is 1.56 bits per heavy atom. The van der Waals surface area contributed by atoms with Crippen molar-refractivity contribution in [3.8, 4) is 11.5 Å². The van der Waals surface area contributed by atoms with Gasteiger partial charge in [0.05, 0.1) is 14.2 Å². The molecule has 1 atom stereocenters. The van der Waals surface area contributed by atoms with Gasteiger partial charge in [0.15, 0.2) is 23.6 Å². The van der Waals surface area contributed by atoms with E-state index in [1.54, 1.807) is 55.5 Å². The maximum atomic E-state index is 12.3. The van der Waals surface area contributed by atoms with Gasteiger partial charge in [0.2, 0.25) is 0 Å². The van der Waals surface area contributed by atoms with Gasteiger partial charge in [-0.05, 0) is 24.6 Å². The van der Waals surface area contributed by atoms with Gasteiger partial charge in [-0.25, -0.2) is 4.79 Å². The maximum absolute atomic E-state index is 12.3. The lowest BCUT2D eigenvalue weighted by Crippen LogP contribution is -2.51. The molecule has 2 aromatic carbocycles. The van der Waals surface area contributed by atoms with E-state index in [1.165, 1.54) is 14.2 Å². The molecule has 0 saturated carbocycles. The van der Waals surface area contributed by atoms with Crippen LogP contribution in [0.5, 0.6) is 11.5 Å². The molecule has 0 aliphatic rings. The number of rotatable bonds is 7. The summed E-state index contributed by atoms with van der Waals surface area (Å²) in [5.41, 5.74) is -0.690. The van der Waals surface area contributed by atoms with Crippen LogP contribution in [0, 0.1) is 0 Å². The molecule has 2 rings (SSSR count). The first-order chi connectivity index (χ1) is 12.0. The van der Waals surface area contributed by atoms with E-state index >= 15 is 0 Å². The zero-order valence-electron chi connectivity index (χ0n) is 14.4. The summed E-state index contributed by atoms with van der Waals surface area (Å²) < 4.78 is 15.5. The Balaban J connectivity index is 2.11. The molecule has 1 amide bonds. The highest BCUT2D eigenvalue weighted by atomic mass is 16.5. The lowest BCUT2D eigenvalue weighted by Gasteiger charge is -2.28. The molecule has 6 nitrogen and oxygen atoms in total. The van der Waals surface area contributed by atoms with Crippen LogP contribution in [-0.4, -0.2) is 32.7 Å². The van der Waals surface area contributed by atoms with Gasteiger partial charge in [-0.15, -0.1) is 0 Å². The molecular weight excluding hydrogens is 322 g/mol. The molecular formula is C19H21NO5. The second kappa shape index (κ2) is 8.19.